The molecule has 72 valence electrons. The normalized spacial score (nSPS) is 11.6. The molecule has 0 fully saturated rings. The van der Waals surface area contributed by atoms with Gasteiger partial charge in [-0.05, 0) is 11.4 Å². The maximum Gasteiger partial charge on any atom is 0.144 e. The van der Waals surface area contributed by atoms with E-state index in [1.807, 2.05) is 31.4 Å². The van der Waals surface area contributed by atoms with Crippen molar-refractivity contribution in [1.29, 1.82) is 0 Å². The molecule has 0 amide bonds. The van der Waals surface area contributed by atoms with Crippen molar-refractivity contribution in [1.82, 2.24) is 0 Å². The van der Waals surface area contributed by atoms with Crippen LogP contribution in [0, 0.1) is 5.41 Å². The SMILES string of the molecule is CC(C)(CN)C(=O)Cc1cccs1. The highest BCUT2D eigenvalue weighted by Gasteiger charge is 2.25. The number of rotatable bonds is 4. The Balaban J connectivity index is 2.61. The highest BCUT2D eigenvalue weighted by atomic mass is 32.1. The monoisotopic (exact) mass is 197 g/mol. The first-order chi connectivity index (χ1) is 6.06. The number of ketones is 1. The van der Waals surface area contributed by atoms with Crippen LogP contribution in [0.15, 0.2) is 17.5 Å². The molecule has 0 atom stereocenters. The highest BCUT2D eigenvalue weighted by molar-refractivity contribution is 7.10. The summed E-state index contributed by atoms with van der Waals surface area (Å²) < 4.78 is 0. The molecule has 1 aromatic rings. The summed E-state index contributed by atoms with van der Waals surface area (Å²) in [6.07, 6.45) is 0.516. The first kappa shape index (κ1) is 10.4. The second-order valence-corrected chi connectivity index (χ2v) is 4.80. The second-order valence-electron chi connectivity index (χ2n) is 3.77. The van der Waals surface area contributed by atoms with E-state index >= 15 is 0 Å². The van der Waals surface area contributed by atoms with Crippen molar-refractivity contribution >= 4 is 17.1 Å². The lowest BCUT2D eigenvalue weighted by molar-refractivity contribution is -0.125. The van der Waals surface area contributed by atoms with Gasteiger partial charge < -0.3 is 5.73 Å². The Labute approximate surface area is 82.8 Å². The van der Waals surface area contributed by atoms with Gasteiger partial charge in [-0.15, -0.1) is 11.3 Å². The molecule has 2 nitrogen and oxygen atoms in total. The molecule has 0 spiro atoms. The van der Waals surface area contributed by atoms with Crippen molar-refractivity contribution in [2.45, 2.75) is 20.3 Å². The molecule has 0 aromatic carbocycles. The van der Waals surface area contributed by atoms with Gasteiger partial charge in [-0.25, -0.2) is 0 Å². The number of nitrogens with two attached hydrogens (primary N) is 1. The van der Waals surface area contributed by atoms with E-state index in [0.717, 1.165) is 4.88 Å². The van der Waals surface area contributed by atoms with E-state index in [0.29, 0.717) is 13.0 Å². The number of carbonyl (C=O) groups is 1. The van der Waals surface area contributed by atoms with Crippen LogP contribution in [0.1, 0.15) is 18.7 Å². The van der Waals surface area contributed by atoms with E-state index in [4.69, 9.17) is 5.73 Å². The Morgan fingerprint density at radius 3 is 2.77 bits per heavy atom. The first-order valence-electron chi connectivity index (χ1n) is 4.32. The molecule has 0 aliphatic carbocycles. The van der Waals surface area contributed by atoms with E-state index in [1.54, 1.807) is 11.3 Å². The second kappa shape index (κ2) is 4.03. The highest BCUT2D eigenvalue weighted by Crippen LogP contribution is 2.19. The van der Waals surface area contributed by atoms with E-state index in [9.17, 15) is 4.79 Å². The van der Waals surface area contributed by atoms with Crippen molar-refractivity contribution in [3.8, 4) is 0 Å². The number of hydrogen-bond acceptors (Lipinski definition) is 3. The molecule has 1 aromatic heterocycles. The van der Waals surface area contributed by atoms with Gasteiger partial charge in [-0.3, -0.25) is 4.79 Å². The molecule has 0 saturated carbocycles. The summed E-state index contributed by atoms with van der Waals surface area (Å²) in [6.45, 7) is 4.20. The maximum absolute atomic E-state index is 11.7. The Morgan fingerprint density at radius 1 is 1.62 bits per heavy atom. The van der Waals surface area contributed by atoms with Gasteiger partial charge in [0.15, 0.2) is 0 Å². The predicted octanol–water partition coefficient (Wildman–Crippen LogP) is 1.84. The molecule has 0 unspecified atom stereocenters. The summed E-state index contributed by atoms with van der Waals surface area (Å²) in [4.78, 5) is 12.8. The van der Waals surface area contributed by atoms with Crippen LogP contribution < -0.4 is 5.73 Å². The molecular formula is C10H15NOS. The fourth-order valence-corrected chi connectivity index (χ4v) is 1.63. The molecule has 0 aliphatic heterocycles. The zero-order chi connectivity index (χ0) is 9.90. The summed E-state index contributed by atoms with van der Waals surface area (Å²) in [6, 6.07) is 3.94. The van der Waals surface area contributed by atoms with E-state index in [2.05, 4.69) is 0 Å². The third-order valence-corrected chi connectivity index (χ3v) is 3.06. The summed E-state index contributed by atoms with van der Waals surface area (Å²) in [5.41, 5.74) is 5.13. The number of carbonyl (C=O) groups excluding carboxylic acids is 1. The lowest BCUT2D eigenvalue weighted by atomic mass is 9.86. The molecule has 1 rings (SSSR count). The van der Waals surface area contributed by atoms with Gasteiger partial charge in [0.25, 0.3) is 0 Å². The molecule has 13 heavy (non-hydrogen) atoms. The van der Waals surface area contributed by atoms with Gasteiger partial charge in [-0.1, -0.05) is 19.9 Å². The van der Waals surface area contributed by atoms with E-state index < -0.39 is 0 Å². The Hall–Kier alpha value is -0.670. The fourth-order valence-electron chi connectivity index (χ4n) is 0.925. The van der Waals surface area contributed by atoms with Crippen LogP contribution >= 0.6 is 11.3 Å². The third-order valence-electron chi connectivity index (χ3n) is 2.18. The lowest BCUT2D eigenvalue weighted by Gasteiger charge is -2.19. The molecule has 2 N–H and O–H groups in total. The van der Waals surface area contributed by atoms with Gasteiger partial charge in [0.2, 0.25) is 0 Å². The van der Waals surface area contributed by atoms with Crippen molar-refractivity contribution in [2.24, 2.45) is 11.1 Å². The average molecular weight is 197 g/mol. The van der Waals surface area contributed by atoms with Crippen molar-refractivity contribution in [3.05, 3.63) is 22.4 Å². The van der Waals surface area contributed by atoms with Crippen molar-refractivity contribution in [2.75, 3.05) is 6.54 Å². The topological polar surface area (TPSA) is 43.1 Å². The maximum atomic E-state index is 11.7. The van der Waals surface area contributed by atoms with Crippen LogP contribution in [0.4, 0.5) is 0 Å². The quantitative estimate of drug-likeness (QED) is 0.800. The minimum absolute atomic E-state index is 0.220. The zero-order valence-electron chi connectivity index (χ0n) is 8.04. The molecule has 3 heteroatoms. The summed E-state index contributed by atoms with van der Waals surface area (Å²) in [5, 5.41) is 1.98. The van der Waals surface area contributed by atoms with E-state index in [-0.39, 0.29) is 11.2 Å². The Kier molecular flexibility index (Phi) is 3.22. The van der Waals surface area contributed by atoms with Gasteiger partial charge in [0.05, 0.1) is 0 Å². The minimum Gasteiger partial charge on any atom is -0.329 e. The summed E-state index contributed by atoms with van der Waals surface area (Å²) in [5.74, 6) is 0.220. The van der Waals surface area contributed by atoms with Crippen molar-refractivity contribution in [3.63, 3.8) is 0 Å². The standard InChI is InChI=1S/C10H15NOS/c1-10(2,7-11)9(12)6-8-4-3-5-13-8/h3-5H,6-7,11H2,1-2H3. The van der Waals surface area contributed by atoms with Crippen LogP contribution in [0.2, 0.25) is 0 Å². The summed E-state index contributed by atoms with van der Waals surface area (Å²) >= 11 is 1.62. The van der Waals surface area contributed by atoms with Gasteiger partial charge >= 0.3 is 0 Å². The van der Waals surface area contributed by atoms with E-state index in [1.165, 1.54) is 0 Å². The van der Waals surface area contributed by atoms with Crippen LogP contribution in [-0.4, -0.2) is 12.3 Å². The molecule has 0 radical (unpaired) electrons. The number of Topliss-reactive ketones (excluding diaryl/α,β-unsaturated/α-hetero) is 1. The van der Waals surface area contributed by atoms with Crippen molar-refractivity contribution < 1.29 is 4.79 Å². The number of thiophene rings is 1. The number of hydrogen-bond donors (Lipinski definition) is 1. The third kappa shape index (κ3) is 2.64. The lowest BCUT2D eigenvalue weighted by Crippen LogP contribution is -2.33. The fraction of sp³-hybridized carbons (Fsp3) is 0.500. The van der Waals surface area contributed by atoms with Gasteiger partial charge in [-0.2, -0.15) is 0 Å². The van der Waals surface area contributed by atoms with Crippen LogP contribution in [-0.2, 0) is 11.2 Å². The Morgan fingerprint density at radius 2 is 2.31 bits per heavy atom. The predicted molar refractivity (Wildman–Crippen MR) is 55.9 cm³/mol. The Bertz CT molecular complexity index is 277. The largest absolute Gasteiger partial charge is 0.329 e. The van der Waals surface area contributed by atoms with Gasteiger partial charge in [0, 0.05) is 23.3 Å². The average Bonchev–Trinajstić information content (AvgIpc) is 2.57. The molecule has 0 bridgehead atoms. The zero-order valence-corrected chi connectivity index (χ0v) is 8.86. The smallest absolute Gasteiger partial charge is 0.144 e. The molecule has 0 saturated heterocycles. The molecule has 1 heterocycles. The first-order valence-corrected chi connectivity index (χ1v) is 5.20. The van der Waals surface area contributed by atoms with Gasteiger partial charge in [0.1, 0.15) is 5.78 Å². The minimum atomic E-state index is -0.385. The van der Waals surface area contributed by atoms with Crippen LogP contribution in [0.3, 0.4) is 0 Å². The van der Waals surface area contributed by atoms with Crippen LogP contribution in [0.25, 0.3) is 0 Å². The molecular weight excluding hydrogens is 182 g/mol. The molecule has 0 aliphatic rings. The van der Waals surface area contributed by atoms with Crippen LogP contribution in [0.5, 0.6) is 0 Å². The summed E-state index contributed by atoms with van der Waals surface area (Å²) in [7, 11) is 0.